The minimum absolute atomic E-state index is 0.203. The lowest BCUT2D eigenvalue weighted by Gasteiger charge is -2.33. The first kappa shape index (κ1) is 22.0. The van der Waals surface area contributed by atoms with Crippen molar-refractivity contribution < 1.29 is 9.47 Å². The van der Waals surface area contributed by atoms with E-state index in [1.54, 1.807) is 6.20 Å². The number of morpholine rings is 1. The third-order valence-corrected chi connectivity index (χ3v) is 7.67. The fourth-order valence-corrected chi connectivity index (χ4v) is 5.88. The van der Waals surface area contributed by atoms with Gasteiger partial charge in [0, 0.05) is 48.8 Å². The Morgan fingerprint density at radius 2 is 1.82 bits per heavy atom. The van der Waals surface area contributed by atoms with Gasteiger partial charge in [-0.25, -0.2) is 4.98 Å². The van der Waals surface area contributed by atoms with Gasteiger partial charge in [0.15, 0.2) is 0 Å². The zero-order chi connectivity index (χ0) is 22.9. The number of benzene rings is 1. The summed E-state index contributed by atoms with van der Waals surface area (Å²) in [7, 11) is 0. The molecule has 4 heterocycles. The van der Waals surface area contributed by atoms with Gasteiger partial charge in [0.1, 0.15) is 17.8 Å². The lowest BCUT2D eigenvalue weighted by atomic mass is 9.86. The number of pyridine rings is 1. The van der Waals surface area contributed by atoms with E-state index in [1.165, 1.54) is 11.3 Å². The molecule has 34 heavy (non-hydrogen) atoms. The molecule has 0 N–H and O–H groups in total. The molecule has 8 heteroatoms. The van der Waals surface area contributed by atoms with E-state index in [2.05, 4.69) is 26.6 Å². The molecule has 1 aromatic carbocycles. The first-order valence-corrected chi connectivity index (χ1v) is 12.7. The van der Waals surface area contributed by atoms with Crippen molar-refractivity contribution in [3.63, 3.8) is 0 Å². The highest BCUT2D eigenvalue weighted by atomic mass is 35.5. The number of nitrogens with zero attached hydrogens (tertiary/aromatic N) is 5. The molecule has 1 aliphatic carbocycles. The van der Waals surface area contributed by atoms with Gasteiger partial charge >= 0.3 is 0 Å². The highest BCUT2D eigenvalue weighted by Crippen LogP contribution is 2.37. The molecule has 2 aliphatic heterocycles. The molecule has 1 atom stereocenters. The Morgan fingerprint density at radius 1 is 0.971 bits per heavy atom. The minimum Gasteiger partial charge on any atom is -0.474 e. The predicted molar refractivity (Wildman–Crippen MR) is 130 cm³/mol. The van der Waals surface area contributed by atoms with E-state index in [1.807, 2.05) is 24.3 Å². The maximum atomic E-state index is 6.44. The Labute approximate surface area is 205 Å². The maximum Gasteiger partial charge on any atom is 0.213 e. The SMILES string of the molecule is Clc1ccc2c(c1)C[C@@H](N1CCOCC1)Cc1nnc([C@H]3CC[C@H](Oc4ccccn4)CC3)n1-2. The first-order chi connectivity index (χ1) is 16.7. The van der Waals surface area contributed by atoms with Crippen LogP contribution in [0.25, 0.3) is 5.69 Å². The van der Waals surface area contributed by atoms with Crippen LogP contribution in [0, 0.1) is 0 Å². The van der Waals surface area contributed by atoms with Crippen molar-refractivity contribution in [3.05, 3.63) is 64.8 Å². The summed E-state index contributed by atoms with van der Waals surface area (Å²) in [5.41, 5.74) is 2.46. The fraction of sp³-hybridized carbons (Fsp3) is 0.500. The number of fused-ring (bicyclic) bond motifs is 3. The van der Waals surface area contributed by atoms with Crippen molar-refractivity contribution >= 4 is 11.6 Å². The van der Waals surface area contributed by atoms with Crippen LogP contribution in [-0.2, 0) is 17.6 Å². The van der Waals surface area contributed by atoms with Crippen LogP contribution in [0.5, 0.6) is 5.88 Å². The highest BCUT2D eigenvalue weighted by molar-refractivity contribution is 6.30. The molecule has 0 bridgehead atoms. The Balaban J connectivity index is 1.26. The van der Waals surface area contributed by atoms with E-state index < -0.39 is 0 Å². The zero-order valence-corrected chi connectivity index (χ0v) is 20.0. The summed E-state index contributed by atoms with van der Waals surface area (Å²) in [6, 6.07) is 12.4. The second-order valence-corrected chi connectivity index (χ2v) is 9.99. The molecule has 0 amide bonds. The van der Waals surface area contributed by atoms with Crippen LogP contribution in [0.4, 0.5) is 0 Å². The monoisotopic (exact) mass is 479 g/mol. The Bertz CT molecular complexity index is 1120. The average Bonchev–Trinajstić information content (AvgIpc) is 3.21. The quantitative estimate of drug-likeness (QED) is 0.558. The van der Waals surface area contributed by atoms with Crippen molar-refractivity contribution in [3.8, 4) is 11.6 Å². The van der Waals surface area contributed by atoms with E-state index in [0.29, 0.717) is 17.8 Å². The summed E-state index contributed by atoms with van der Waals surface area (Å²) >= 11 is 6.44. The normalized spacial score (nSPS) is 25.3. The van der Waals surface area contributed by atoms with Crippen LogP contribution < -0.4 is 4.74 Å². The molecule has 3 aliphatic rings. The molecule has 2 fully saturated rings. The second-order valence-electron chi connectivity index (χ2n) is 9.55. The summed E-state index contributed by atoms with van der Waals surface area (Å²) in [4.78, 5) is 6.86. The van der Waals surface area contributed by atoms with Gasteiger partial charge in [-0.15, -0.1) is 10.2 Å². The Kier molecular flexibility index (Phi) is 6.24. The van der Waals surface area contributed by atoms with E-state index in [9.17, 15) is 0 Å². The van der Waals surface area contributed by atoms with Crippen LogP contribution in [0.2, 0.25) is 5.02 Å². The lowest BCUT2D eigenvalue weighted by Crippen LogP contribution is -2.45. The van der Waals surface area contributed by atoms with Gasteiger partial charge < -0.3 is 9.47 Å². The number of hydrogen-bond donors (Lipinski definition) is 0. The van der Waals surface area contributed by atoms with Gasteiger partial charge in [0.05, 0.1) is 18.9 Å². The highest BCUT2D eigenvalue weighted by Gasteiger charge is 2.33. The molecular weight excluding hydrogens is 450 g/mol. The lowest BCUT2D eigenvalue weighted by molar-refractivity contribution is 0.0165. The van der Waals surface area contributed by atoms with E-state index in [-0.39, 0.29) is 6.10 Å². The summed E-state index contributed by atoms with van der Waals surface area (Å²) in [5.74, 6) is 3.22. The predicted octanol–water partition coefficient (Wildman–Crippen LogP) is 4.22. The molecule has 2 aromatic heterocycles. The topological polar surface area (TPSA) is 65.3 Å². The molecule has 6 rings (SSSR count). The number of halogens is 1. The van der Waals surface area contributed by atoms with Crippen LogP contribution >= 0.6 is 11.6 Å². The Hall–Kier alpha value is -2.48. The molecular formula is C26H30ClN5O2. The van der Waals surface area contributed by atoms with Gasteiger partial charge in [-0.3, -0.25) is 9.47 Å². The van der Waals surface area contributed by atoms with Crippen LogP contribution in [0.15, 0.2) is 42.6 Å². The summed E-state index contributed by atoms with van der Waals surface area (Å²) in [6.45, 7) is 3.50. The molecule has 0 spiro atoms. The maximum absolute atomic E-state index is 6.44. The fourth-order valence-electron chi connectivity index (χ4n) is 5.69. The summed E-state index contributed by atoms with van der Waals surface area (Å²) < 4.78 is 14.0. The molecule has 3 aromatic rings. The molecule has 7 nitrogen and oxygen atoms in total. The van der Waals surface area contributed by atoms with Crippen LogP contribution in [0.1, 0.15) is 48.8 Å². The van der Waals surface area contributed by atoms with Crippen molar-refractivity contribution in [2.45, 2.75) is 56.6 Å². The molecule has 1 saturated carbocycles. The minimum atomic E-state index is 0.203. The smallest absolute Gasteiger partial charge is 0.213 e. The zero-order valence-electron chi connectivity index (χ0n) is 19.3. The molecule has 178 valence electrons. The summed E-state index contributed by atoms with van der Waals surface area (Å²) in [6.07, 6.45) is 7.88. The van der Waals surface area contributed by atoms with Crippen molar-refractivity contribution in [1.29, 1.82) is 0 Å². The van der Waals surface area contributed by atoms with E-state index in [4.69, 9.17) is 31.3 Å². The van der Waals surface area contributed by atoms with Gasteiger partial charge in [-0.1, -0.05) is 17.7 Å². The number of aromatic nitrogens is 4. The third-order valence-electron chi connectivity index (χ3n) is 7.44. The van der Waals surface area contributed by atoms with Crippen molar-refractivity contribution in [2.24, 2.45) is 0 Å². The van der Waals surface area contributed by atoms with Crippen LogP contribution in [0.3, 0.4) is 0 Å². The van der Waals surface area contributed by atoms with E-state index in [0.717, 1.165) is 81.5 Å². The van der Waals surface area contributed by atoms with Gasteiger partial charge in [-0.05, 0) is 61.9 Å². The second kappa shape index (κ2) is 9.64. The standard InChI is InChI=1S/C26H30ClN5O2/c27-20-6-9-23-19(15-20)16-21(31-11-13-33-14-12-31)17-24-29-30-26(32(23)24)18-4-7-22(8-5-18)34-25-3-1-2-10-28-25/h1-3,6,9-10,15,18,21-22H,4-5,7-8,11-14,16-17H2/t18-,21-,22-/m1/s1. The number of ether oxygens (including phenoxy) is 2. The number of hydrogen-bond acceptors (Lipinski definition) is 6. The molecule has 0 unspecified atom stereocenters. The Morgan fingerprint density at radius 3 is 2.62 bits per heavy atom. The van der Waals surface area contributed by atoms with Gasteiger partial charge in [0.2, 0.25) is 5.88 Å². The molecule has 1 saturated heterocycles. The van der Waals surface area contributed by atoms with Crippen molar-refractivity contribution in [1.82, 2.24) is 24.6 Å². The largest absolute Gasteiger partial charge is 0.474 e. The average molecular weight is 480 g/mol. The van der Waals surface area contributed by atoms with E-state index >= 15 is 0 Å². The summed E-state index contributed by atoms with van der Waals surface area (Å²) in [5, 5.41) is 10.3. The van der Waals surface area contributed by atoms with Crippen molar-refractivity contribution in [2.75, 3.05) is 26.3 Å². The van der Waals surface area contributed by atoms with Crippen LogP contribution in [-0.4, -0.2) is 63.1 Å². The molecule has 0 radical (unpaired) electrons. The third kappa shape index (κ3) is 4.44. The van der Waals surface area contributed by atoms with Gasteiger partial charge in [0.25, 0.3) is 0 Å². The number of rotatable bonds is 4. The first-order valence-electron chi connectivity index (χ1n) is 12.4. The van der Waals surface area contributed by atoms with Gasteiger partial charge in [-0.2, -0.15) is 0 Å².